The smallest absolute Gasteiger partial charge is 0.309 e. The highest BCUT2D eigenvalue weighted by molar-refractivity contribution is 6.35. The van der Waals surface area contributed by atoms with Crippen LogP contribution in [0.1, 0.15) is 17.2 Å². The summed E-state index contributed by atoms with van der Waals surface area (Å²) in [6.45, 7) is 3.38. The lowest BCUT2D eigenvalue weighted by atomic mass is 10.0. The lowest BCUT2D eigenvalue weighted by Gasteiger charge is -2.34. The van der Waals surface area contributed by atoms with Crippen LogP contribution in [0.2, 0.25) is 0 Å². The number of fused-ring (bicyclic) bond motifs is 1. The first kappa shape index (κ1) is 21.9. The van der Waals surface area contributed by atoms with E-state index in [0.717, 1.165) is 24.2 Å². The quantitative estimate of drug-likeness (QED) is 0.624. The van der Waals surface area contributed by atoms with Gasteiger partial charge in [-0.05, 0) is 23.8 Å². The molecule has 32 heavy (non-hydrogen) atoms. The molecule has 0 spiro atoms. The fourth-order valence-electron chi connectivity index (χ4n) is 3.84. The third-order valence-corrected chi connectivity index (χ3v) is 5.56. The minimum atomic E-state index is -0.692. The SMILES string of the molecule is COc1ccccc1CNC(=O)C(=O)NCC(c1ccc2c(c1)OCO2)N1CCOCC1. The predicted octanol–water partition coefficient (Wildman–Crippen LogP) is 1.23. The molecule has 2 heterocycles. The maximum Gasteiger partial charge on any atom is 0.309 e. The van der Waals surface area contributed by atoms with Crippen LogP contribution < -0.4 is 24.8 Å². The first-order chi connectivity index (χ1) is 15.7. The molecule has 2 aromatic rings. The van der Waals surface area contributed by atoms with Crippen molar-refractivity contribution in [3.05, 3.63) is 53.6 Å². The molecular weight excluding hydrogens is 414 g/mol. The van der Waals surface area contributed by atoms with Gasteiger partial charge < -0.3 is 29.6 Å². The molecule has 9 nitrogen and oxygen atoms in total. The van der Waals surface area contributed by atoms with E-state index in [1.54, 1.807) is 13.2 Å². The number of nitrogens with zero attached hydrogens (tertiary/aromatic N) is 1. The first-order valence-corrected chi connectivity index (χ1v) is 10.5. The molecule has 0 radical (unpaired) electrons. The summed E-state index contributed by atoms with van der Waals surface area (Å²) in [7, 11) is 1.56. The number of hydrogen-bond acceptors (Lipinski definition) is 7. The average molecular weight is 441 g/mol. The summed E-state index contributed by atoms with van der Waals surface area (Å²) in [4.78, 5) is 27.1. The number of carbonyl (C=O) groups is 2. The van der Waals surface area contributed by atoms with Gasteiger partial charge in [0.2, 0.25) is 6.79 Å². The Kier molecular flexibility index (Phi) is 7.08. The van der Waals surface area contributed by atoms with E-state index >= 15 is 0 Å². The number of rotatable bonds is 7. The number of benzene rings is 2. The zero-order valence-corrected chi connectivity index (χ0v) is 18.0. The van der Waals surface area contributed by atoms with Crippen LogP contribution >= 0.6 is 0 Å². The van der Waals surface area contributed by atoms with E-state index in [1.807, 2.05) is 36.4 Å². The lowest BCUT2D eigenvalue weighted by molar-refractivity contribution is -0.139. The van der Waals surface area contributed by atoms with Gasteiger partial charge in [-0.2, -0.15) is 0 Å². The second-order valence-electron chi connectivity index (χ2n) is 7.48. The fourth-order valence-corrected chi connectivity index (χ4v) is 3.84. The van der Waals surface area contributed by atoms with Crippen LogP contribution in [0.5, 0.6) is 17.2 Å². The average Bonchev–Trinajstić information content (AvgIpc) is 3.31. The zero-order chi connectivity index (χ0) is 22.3. The Morgan fingerprint density at radius 3 is 2.59 bits per heavy atom. The maximum atomic E-state index is 12.5. The second-order valence-corrected chi connectivity index (χ2v) is 7.48. The number of carbonyl (C=O) groups excluding carboxylic acids is 2. The van der Waals surface area contributed by atoms with Crippen molar-refractivity contribution in [1.29, 1.82) is 0 Å². The number of methoxy groups -OCH3 is 1. The highest BCUT2D eigenvalue weighted by atomic mass is 16.7. The van der Waals surface area contributed by atoms with Crippen molar-refractivity contribution in [2.24, 2.45) is 0 Å². The molecule has 0 aliphatic carbocycles. The van der Waals surface area contributed by atoms with Gasteiger partial charge in [-0.15, -0.1) is 0 Å². The molecule has 1 fully saturated rings. The lowest BCUT2D eigenvalue weighted by Crippen LogP contribution is -2.46. The van der Waals surface area contributed by atoms with Crippen LogP contribution in [0, 0.1) is 0 Å². The summed E-state index contributed by atoms with van der Waals surface area (Å²) in [5.74, 6) is 0.667. The van der Waals surface area contributed by atoms with E-state index in [0.29, 0.717) is 30.5 Å². The van der Waals surface area contributed by atoms with Gasteiger partial charge in [-0.3, -0.25) is 14.5 Å². The van der Waals surface area contributed by atoms with E-state index in [-0.39, 0.29) is 25.9 Å². The summed E-state index contributed by atoms with van der Waals surface area (Å²) in [5.41, 5.74) is 1.77. The molecule has 0 aromatic heterocycles. The molecule has 2 amide bonds. The third kappa shape index (κ3) is 5.12. The standard InChI is InChI=1S/C23H27N3O6/c1-29-19-5-3-2-4-17(19)13-24-22(27)23(28)25-14-18(26-8-10-30-11-9-26)16-6-7-20-21(12-16)32-15-31-20/h2-7,12,18H,8-11,13-15H2,1H3,(H,24,27)(H,25,28). The van der Waals surface area contributed by atoms with Gasteiger partial charge in [0.25, 0.3) is 0 Å². The van der Waals surface area contributed by atoms with Crippen LogP contribution in [0.3, 0.4) is 0 Å². The monoisotopic (exact) mass is 441 g/mol. The van der Waals surface area contributed by atoms with Crippen molar-refractivity contribution in [3.8, 4) is 17.2 Å². The normalized spacial score (nSPS) is 16.3. The van der Waals surface area contributed by atoms with Crippen molar-refractivity contribution >= 4 is 11.8 Å². The molecule has 4 rings (SSSR count). The number of para-hydroxylation sites is 1. The molecule has 1 saturated heterocycles. The van der Waals surface area contributed by atoms with Crippen molar-refractivity contribution in [2.45, 2.75) is 12.6 Å². The fraction of sp³-hybridized carbons (Fsp3) is 0.391. The molecule has 9 heteroatoms. The summed E-state index contributed by atoms with van der Waals surface area (Å²) >= 11 is 0. The summed E-state index contributed by atoms with van der Waals surface area (Å²) in [6, 6.07) is 13.0. The van der Waals surface area contributed by atoms with Gasteiger partial charge in [0.1, 0.15) is 5.75 Å². The van der Waals surface area contributed by atoms with Gasteiger partial charge in [-0.25, -0.2) is 0 Å². The second kappa shape index (κ2) is 10.3. The number of amides is 2. The minimum absolute atomic E-state index is 0.126. The Bertz CT molecular complexity index is 960. The first-order valence-electron chi connectivity index (χ1n) is 10.5. The Morgan fingerprint density at radius 1 is 1.03 bits per heavy atom. The molecule has 2 aliphatic rings. The molecule has 1 unspecified atom stereocenters. The van der Waals surface area contributed by atoms with Gasteiger partial charge in [0.15, 0.2) is 11.5 Å². The van der Waals surface area contributed by atoms with Gasteiger partial charge in [0, 0.05) is 31.7 Å². The molecule has 0 bridgehead atoms. The van der Waals surface area contributed by atoms with Gasteiger partial charge in [-0.1, -0.05) is 24.3 Å². The molecule has 2 aliphatic heterocycles. The van der Waals surface area contributed by atoms with Crippen molar-refractivity contribution in [3.63, 3.8) is 0 Å². The molecule has 2 aromatic carbocycles. The predicted molar refractivity (Wildman–Crippen MR) is 116 cm³/mol. The highest BCUT2D eigenvalue weighted by Gasteiger charge is 2.26. The Labute approximate surface area is 186 Å². The largest absolute Gasteiger partial charge is 0.496 e. The number of hydrogen-bond donors (Lipinski definition) is 2. The molecule has 2 N–H and O–H groups in total. The van der Waals surface area contributed by atoms with Crippen LogP contribution in [-0.2, 0) is 20.9 Å². The van der Waals surface area contributed by atoms with Crippen molar-refractivity contribution < 1.29 is 28.5 Å². The van der Waals surface area contributed by atoms with Crippen LogP contribution in [-0.4, -0.2) is 63.5 Å². The Hall–Kier alpha value is -3.30. The van der Waals surface area contributed by atoms with E-state index in [1.165, 1.54) is 0 Å². The van der Waals surface area contributed by atoms with Gasteiger partial charge >= 0.3 is 11.8 Å². The maximum absolute atomic E-state index is 12.5. The van der Waals surface area contributed by atoms with Crippen molar-refractivity contribution in [2.75, 3.05) is 46.8 Å². The van der Waals surface area contributed by atoms with Crippen LogP contribution in [0.15, 0.2) is 42.5 Å². The summed E-state index contributed by atoms with van der Waals surface area (Å²) in [5, 5.41) is 5.42. The highest BCUT2D eigenvalue weighted by Crippen LogP contribution is 2.35. The number of nitrogens with one attached hydrogen (secondary N) is 2. The third-order valence-electron chi connectivity index (χ3n) is 5.56. The topological polar surface area (TPSA) is 98.4 Å². The zero-order valence-electron chi connectivity index (χ0n) is 18.0. The molecular formula is C23H27N3O6. The van der Waals surface area contributed by atoms with Crippen LogP contribution in [0.25, 0.3) is 0 Å². The Morgan fingerprint density at radius 2 is 1.78 bits per heavy atom. The van der Waals surface area contributed by atoms with E-state index in [4.69, 9.17) is 18.9 Å². The summed E-state index contributed by atoms with van der Waals surface area (Å²) < 4.78 is 21.7. The molecule has 170 valence electrons. The van der Waals surface area contributed by atoms with E-state index in [2.05, 4.69) is 15.5 Å². The Balaban J connectivity index is 1.38. The summed E-state index contributed by atoms with van der Waals surface area (Å²) in [6.07, 6.45) is 0. The molecule has 0 saturated carbocycles. The van der Waals surface area contributed by atoms with Gasteiger partial charge in [0.05, 0.1) is 26.4 Å². The minimum Gasteiger partial charge on any atom is -0.496 e. The van der Waals surface area contributed by atoms with Crippen molar-refractivity contribution in [1.82, 2.24) is 15.5 Å². The van der Waals surface area contributed by atoms with Crippen LogP contribution in [0.4, 0.5) is 0 Å². The van der Waals surface area contributed by atoms with E-state index < -0.39 is 11.8 Å². The van der Waals surface area contributed by atoms with E-state index in [9.17, 15) is 9.59 Å². The molecule has 1 atom stereocenters. The number of morpholine rings is 1. The number of ether oxygens (including phenoxy) is 4.